The first-order valence-electron chi connectivity index (χ1n) is 3.97. The Balaban J connectivity index is 3.62. The Hall–Kier alpha value is -0.880. The fraction of sp³-hybridized carbons (Fsp3) is 0.667. The molecule has 0 saturated heterocycles. The molecular formula is C9H14O2. The van der Waals surface area contributed by atoms with Crippen molar-refractivity contribution < 1.29 is 9.59 Å². The van der Waals surface area contributed by atoms with E-state index in [1.807, 2.05) is 0 Å². The maximum Gasteiger partial charge on any atom is 0.169 e. The van der Waals surface area contributed by atoms with E-state index in [1.165, 1.54) is 6.92 Å². The predicted molar refractivity (Wildman–Crippen MR) is 44.0 cm³/mol. The van der Waals surface area contributed by atoms with E-state index in [4.69, 9.17) is 0 Å². The van der Waals surface area contributed by atoms with Crippen LogP contribution < -0.4 is 0 Å². The molecule has 0 heterocycles. The number of ketones is 1. The first-order valence-corrected chi connectivity index (χ1v) is 3.97. The topological polar surface area (TPSA) is 34.1 Å². The Morgan fingerprint density at radius 3 is 2.45 bits per heavy atom. The molecule has 0 fully saturated rings. The van der Waals surface area contributed by atoms with Crippen LogP contribution in [-0.2, 0) is 9.59 Å². The van der Waals surface area contributed by atoms with Crippen molar-refractivity contribution >= 4 is 11.7 Å². The van der Waals surface area contributed by atoms with Gasteiger partial charge in [-0.1, -0.05) is 19.8 Å². The van der Waals surface area contributed by atoms with Crippen molar-refractivity contribution in [3.63, 3.8) is 0 Å². The molecule has 0 atom stereocenters. The van der Waals surface area contributed by atoms with Crippen LogP contribution in [-0.4, -0.2) is 11.7 Å². The van der Waals surface area contributed by atoms with Crippen molar-refractivity contribution in [2.24, 2.45) is 0 Å². The largest absolute Gasteiger partial charge is 0.294 e. The number of hydrogen-bond donors (Lipinski definition) is 0. The van der Waals surface area contributed by atoms with Crippen LogP contribution in [0.1, 0.15) is 39.5 Å². The van der Waals surface area contributed by atoms with E-state index in [0.29, 0.717) is 6.42 Å². The normalized spacial score (nSPS) is 8.91. The highest BCUT2D eigenvalue weighted by Crippen LogP contribution is 2.03. The molecule has 0 aliphatic rings. The molecule has 0 aliphatic heterocycles. The third-order valence-corrected chi connectivity index (χ3v) is 1.58. The molecule has 0 bridgehead atoms. The Labute approximate surface area is 67.3 Å². The number of carbonyl (C=O) groups excluding carboxylic acids is 2. The first kappa shape index (κ1) is 10.1. The summed E-state index contributed by atoms with van der Waals surface area (Å²) in [6.45, 7) is 3.59. The predicted octanol–water partition coefficient (Wildman–Crippen LogP) is 1.91. The molecule has 2 nitrogen and oxygen atoms in total. The van der Waals surface area contributed by atoms with Crippen molar-refractivity contribution in [2.75, 3.05) is 0 Å². The monoisotopic (exact) mass is 154 g/mol. The Morgan fingerprint density at radius 2 is 2.00 bits per heavy atom. The number of hydrogen-bond acceptors (Lipinski definition) is 2. The zero-order valence-electron chi connectivity index (χ0n) is 7.14. The molecule has 0 rings (SSSR count). The lowest BCUT2D eigenvalue weighted by molar-refractivity contribution is -0.115. The summed E-state index contributed by atoms with van der Waals surface area (Å²) in [5.74, 6) is 1.55. The SMILES string of the molecule is CCCCCC(=O)C(C)=C=O. The van der Waals surface area contributed by atoms with Gasteiger partial charge in [0.2, 0.25) is 0 Å². The number of unbranched alkanes of at least 4 members (excludes halogenated alkanes) is 2. The summed E-state index contributed by atoms with van der Waals surface area (Å²) in [7, 11) is 0. The highest BCUT2D eigenvalue weighted by atomic mass is 16.1. The van der Waals surface area contributed by atoms with Crippen molar-refractivity contribution in [3.8, 4) is 0 Å². The molecule has 0 aliphatic carbocycles. The fourth-order valence-corrected chi connectivity index (χ4v) is 0.780. The third-order valence-electron chi connectivity index (χ3n) is 1.58. The van der Waals surface area contributed by atoms with Crippen molar-refractivity contribution in [1.82, 2.24) is 0 Å². The van der Waals surface area contributed by atoms with Crippen LogP contribution in [0, 0.1) is 0 Å². The molecule has 0 aromatic heterocycles. The number of Topliss-reactive ketones (excluding diaryl/α,β-unsaturated/α-hetero) is 1. The number of allylic oxidation sites excluding steroid dienone is 1. The molecule has 11 heavy (non-hydrogen) atoms. The average molecular weight is 154 g/mol. The summed E-state index contributed by atoms with van der Waals surface area (Å²) in [6.07, 6.45) is 3.53. The molecule has 0 amide bonds. The maximum absolute atomic E-state index is 10.9. The Bertz CT molecular complexity index is 176. The van der Waals surface area contributed by atoms with Crippen LogP contribution in [0.4, 0.5) is 0 Å². The molecule has 0 spiro atoms. The van der Waals surface area contributed by atoms with E-state index in [9.17, 15) is 9.59 Å². The Kier molecular flexibility index (Phi) is 5.40. The zero-order chi connectivity index (χ0) is 8.69. The van der Waals surface area contributed by atoms with Crippen LogP contribution >= 0.6 is 0 Å². The van der Waals surface area contributed by atoms with Gasteiger partial charge in [-0.15, -0.1) is 0 Å². The molecular weight excluding hydrogens is 140 g/mol. The second-order valence-electron chi connectivity index (χ2n) is 2.61. The highest BCUT2D eigenvalue weighted by Gasteiger charge is 2.03. The lowest BCUT2D eigenvalue weighted by Gasteiger charge is -1.95. The second kappa shape index (κ2) is 5.87. The van der Waals surface area contributed by atoms with Crippen LogP contribution in [0.2, 0.25) is 0 Å². The van der Waals surface area contributed by atoms with Gasteiger partial charge in [-0.2, -0.15) is 0 Å². The van der Waals surface area contributed by atoms with E-state index < -0.39 is 0 Å². The molecule has 0 aromatic rings. The quantitative estimate of drug-likeness (QED) is 0.344. The van der Waals surface area contributed by atoms with Crippen molar-refractivity contribution in [3.05, 3.63) is 5.57 Å². The summed E-state index contributed by atoms with van der Waals surface area (Å²) in [5.41, 5.74) is 0.223. The lowest BCUT2D eigenvalue weighted by Crippen LogP contribution is -1.99. The van der Waals surface area contributed by atoms with Gasteiger partial charge in [0.25, 0.3) is 0 Å². The van der Waals surface area contributed by atoms with E-state index in [2.05, 4.69) is 6.92 Å². The molecule has 0 unspecified atom stereocenters. The first-order chi connectivity index (χ1) is 5.22. The number of rotatable bonds is 5. The van der Waals surface area contributed by atoms with Gasteiger partial charge in [0.05, 0.1) is 5.57 Å². The molecule has 0 saturated carbocycles. The van der Waals surface area contributed by atoms with Gasteiger partial charge in [-0.05, 0) is 13.3 Å². The molecule has 0 aromatic carbocycles. The fourth-order valence-electron chi connectivity index (χ4n) is 0.780. The van der Waals surface area contributed by atoms with E-state index in [-0.39, 0.29) is 11.4 Å². The third kappa shape index (κ3) is 4.51. The average Bonchev–Trinajstić information content (AvgIpc) is 2.03. The summed E-state index contributed by atoms with van der Waals surface area (Å²) in [4.78, 5) is 20.9. The number of carbonyl (C=O) groups is 1. The van der Waals surface area contributed by atoms with Crippen molar-refractivity contribution in [2.45, 2.75) is 39.5 Å². The van der Waals surface area contributed by atoms with Gasteiger partial charge in [-0.3, -0.25) is 4.79 Å². The van der Waals surface area contributed by atoms with Crippen LogP contribution in [0.3, 0.4) is 0 Å². The van der Waals surface area contributed by atoms with E-state index in [1.54, 1.807) is 5.94 Å². The standard InChI is InChI=1S/C9H14O2/c1-3-4-5-6-9(11)8(2)7-10/h3-6H2,1-2H3. The minimum atomic E-state index is -0.0616. The lowest BCUT2D eigenvalue weighted by atomic mass is 10.1. The van der Waals surface area contributed by atoms with Gasteiger partial charge in [0, 0.05) is 6.42 Å². The van der Waals surface area contributed by atoms with Gasteiger partial charge < -0.3 is 0 Å². The van der Waals surface area contributed by atoms with Crippen LogP contribution in [0.15, 0.2) is 5.57 Å². The highest BCUT2D eigenvalue weighted by molar-refractivity contribution is 6.01. The van der Waals surface area contributed by atoms with Gasteiger partial charge >= 0.3 is 0 Å². The minimum absolute atomic E-state index is 0.0616. The summed E-state index contributed by atoms with van der Waals surface area (Å²) < 4.78 is 0. The van der Waals surface area contributed by atoms with E-state index >= 15 is 0 Å². The minimum Gasteiger partial charge on any atom is -0.294 e. The Morgan fingerprint density at radius 1 is 1.36 bits per heavy atom. The van der Waals surface area contributed by atoms with Gasteiger partial charge in [-0.25, -0.2) is 4.79 Å². The van der Waals surface area contributed by atoms with E-state index in [0.717, 1.165) is 19.3 Å². The van der Waals surface area contributed by atoms with Crippen molar-refractivity contribution in [1.29, 1.82) is 0 Å². The molecule has 0 radical (unpaired) electrons. The zero-order valence-corrected chi connectivity index (χ0v) is 7.14. The van der Waals surface area contributed by atoms with Gasteiger partial charge in [0.1, 0.15) is 5.94 Å². The molecule has 62 valence electrons. The molecule has 0 N–H and O–H groups in total. The summed E-state index contributed by atoms with van der Waals surface area (Å²) in [6, 6.07) is 0. The summed E-state index contributed by atoms with van der Waals surface area (Å²) in [5, 5.41) is 0. The second-order valence-corrected chi connectivity index (χ2v) is 2.61. The smallest absolute Gasteiger partial charge is 0.169 e. The maximum atomic E-state index is 10.9. The van der Waals surface area contributed by atoms with Gasteiger partial charge in [0.15, 0.2) is 5.78 Å². The summed E-state index contributed by atoms with van der Waals surface area (Å²) >= 11 is 0. The molecule has 2 heteroatoms. The van der Waals surface area contributed by atoms with Crippen LogP contribution in [0.25, 0.3) is 0 Å². The van der Waals surface area contributed by atoms with Crippen LogP contribution in [0.5, 0.6) is 0 Å².